The second-order valence-corrected chi connectivity index (χ2v) is 7.40. The van der Waals surface area contributed by atoms with Gasteiger partial charge in [-0.25, -0.2) is 4.79 Å². The van der Waals surface area contributed by atoms with Crippen molar-refractivity contribution in [2.75, 3.05) is 0 Å². The lowest BCUT2D eigenvalue weighted by molar-refractivity contribution is -0.138. The molecule has 6 heteroatoms. The molecular weight excluding hydrogens is 296 g/mol. The number of carbonyl (C=O) groups is 3. The van der Waals surface area contributed by atoms with Crippen molar-refractivity contribution >= 4 is 17.9 Å². The predicted octanol–water partition coefficient (Wildman–Crippen LogP) is 2.92. The fourth-order valence-electron chi connectivity index (χ4n) is 3.11. The number of piperidine rings is 1. The molecule has 0 bridgehead atoms. The van der Waals surface area contributed by atoms with Crippen LogP contribution in [0.4, 0.5) is 4.79 Å². The number of hydrogen-bond donors (Lipinski definition) is 3. The molecule has 1 aliphatic heterocycles. The Morgan fingerprint density at radius 3 is 2.26 bits per heavy atom. The Balaban J connectivity index is 0.000000238. The SMILES string of the molecule is CC1CCC(C(C)C)CC1.C[C@]1(NC(=O)O)CCC(=O)NC1=O. The number of carboxylic acid groups (broad SMARTS) is 1. The molecule has 2 rings (SSSR count). The summed E-state index contributed by atoms with van der Waals surface area (Å²) in [5, 5.41) is 12.6. The molecule has 0 aromatic heterocycles. The van der Waals surface area contributed by atoms with Gasteiger partial charge in [0, 0.05) is 6.42 Å². The van der Waals surface area contributed by atoms with Gasteiger partial charge in [0.05, 0.1) is 0 Å². The van der Waals surface area contributed by atoms with E-state index in [-0.39, 0.29) is 18.7 Å². The molecule has 1 atom stereocenters. The highest BCUT2D eigenvalue weighted by Gasteiger charge is 2.39. The maximum Gasteiger partial charge on any atom is 0.405 e. The number of nitrogens with one attached hydrogen (secondary N) is 2. The number of amides is 3. The molecule has 2 aliphatic rings. The molecule has 0 aromatic rings. The molecule has 1 saturated heterocycles. The molecule has 1 aliphatic carbocycles. The largest absolute Gasteiger partial charge is 0.465 e. The Kier molecular flexibility index (Phi) is 7.03. The van der Waals surface area contributed by atoms with E-state index in [1.54, 1.807) is 0 Å². The third-order valence-electron chi connectivity index (χ3n) is 4.99. The third kappa shape index (κ3) is 6.20. The highest BCUT2D eigenvalue weighted by atomic mass is 16.4. The molecule has 3 amide bonds. The monoisotopic (exact) mass is 326 g/mol. The van der Waals surface area contributed by atoms with Crippen molar-refractivity contribution in [2.45, 2.75) is 71.8 Å². The highest BCUT2D eigenvalue weighted by Crippen LogP contribution is 2.32. The van der Waals surface area contributed by atoms with Crippen LogP contribution in [-0.4, -0.2) is 28.6 Å². The van der Waals surface area contributed by atoms with Gasteiger partial charge >= 0.3 is 6.09 Å². The molecule has 6 nitrogen and oxygen atoms in total. The summed E-state index contributed by atoms with van der Waals surface area (Å²) in [6.07, 6.45) is 5.00. The minimum Gasteiger partial charge on any atom is -0.465 e. The van der Waals surface area contributed by atoms with Crippen molar-refractivity contribution in [3.63, 3.8) is 0 Å². The van der Waals surface area contributed by atoms with Gasteiger partial charge in [-0.1, -0.05) is 33.6 Å². The van der Waals surface area contributed by atoms with Crippen LogP contribution in [0.25, 0.3) is 0 Å². The summed E-state index contributed by atoms with van der Waals surface area (Å²) in [7, 11) is 0. The van der Waals surface area contributed by atoms with Gasteiger partial charge in [0.2, 0.25) is 5.91 Å². The summed E-state index contributed by atoms with van der Waals surface area (Å²) in [4.78, 5) is 32.3. The van der Waals surface area contributed by atoms with E-state index in [1.807, 2.05) is 0 Å². The molecular formula is C17H30N2O4. The van der Waals surface area contributed by atoms with E-state index in [9.17, 15) is 14.4 Å². The van der Waals surface area contributed by atoms with Gasteiger partial charge < -0.3 is 10.4 Å². The van der Waals surface area contributed by atoms with Crippen LogP contribution in [0.5, 0.6) is 0 Å². The normalized spacial score (nSPS) is 31.0. The summed E-state index contributed by atoms with van der Waals surface area (Å²) >= 11 is 0. The maximum absolute atomic E-state index is 11.2. The molecule has 1 saturated carbocycles. The van der Waals surface area contributed by atoms with Crippen molar-refractivity contribution in [3.05, 3.63) is 0 Å². The smallest absolute Gasteiger partial charge is 0.405 e. The lowest BCUT2D eigenvalue weighted by atomic mass is 9.78. The number of imide groups is 1. The predicted molar refractivity (Wildman–Crippen MR) is 87.9 cm³/mol. The lowest BCUT2D eigenvalue weighted by Gasteiger charge is -2.31. The standard InChI is InChI=1S/C10H20.C7H10N2O4/c1-8(2)10-6-4-9(3)5-7-10;1-7(9-6(12)13)3-2-4(10)8-5(7)11/h8-10H,4-7H2,1-3H3;9H,2-3H2,1H3,(H,12,13)(H,8,10,11)/t;7-/m.0/s1. The van der Waals surface area contributed by atoms with Crippen LogP contribution >= 0.6 is 0 Å². The van der Waals surface area contributed by atoms with Crippen LogP contribution in [0, 0.1) is 17.8 Å². The second kappa shape index (κ2) is 8.31. The number of carbonyl (C=O) groups excluding carboxylic acids is 2. The number of hydrogen-bond acceptors (Lipinski definition) is 3. The van der Waals surface area contributed by atoms with Gasteiger partial charge in [-0.05, 0) is 43.9 Å². The Morgan fingerprint density at radius 2 is 1.83 bits per heavy atom. The fraction of sp³-hybridized carbons (Fsp3) is 0.824. The van der Waals surface area contributed by atoms with Crippen molar-refractivity contribution in [1.82, 2.24) is 10.6 Å². The Bertz CT molecular complexity index is 442. The minimum absolute atomic E-state index is 0.155. The van der Waals surface area contributed by atoms with Gasteiger partial charge in [-0.3, -0.25) is 14.9 Å². The highest BCUT2D eigenvalue weighted by molar-refractivity contribution is 6.03. The van der Waals surface area contributed by atoms with E-state index in [0.717, 1.165) is 17.8 Å². The first-order chi connectivity index (χ1) is 10.6. The fourth-order valence-corrected chi connectivity index (χ4v) is 3.11. The van der Waals surface area contributed by atoms with Gasteiger partial charge in [-0.2, -0.15) is 0 Å². The van der Waals surface area contributed by atoms with E-state index in [0.29, 0.717) is 0 Å². The van der Waals surface area contributed by atoms with Gasteiger partial charge in [-0.15, -0.1) is 0 Å². The van der Waals surface area contributed by atoms with E-state index in [1.165, 1.54) is 32.6 Å². The zero-order valence-electron chi connectivity index (χ0n) is 14.6. The lowest BCUT2D eigenvalue weighted by Crippen LogP contribution is -2.60. The quantitative estimate of drug-likeness (QED) is 0.680. The van der Waals surface area contributed by atoms with Gasteiger partial charge in [0.25, 0.3) is 5.91 Å². The van der Waals surface area contributed by atoms with Crippen molar-refractivity contribution < 1.29 is 19.5 Å². The van der Waals surface area contributed by atoms with Crippen molar-refractivity contribution in [3.8, 4) is 0 Å². The zero-order valence-corrected chi connectivity index (χ0v) is 14.6. The molecule has 0 unspecified atom stereocenters. The molecule has 23 heavy (non-hydrogen) atoms. The van der Waals surface area contributed by atoms with Crippen LogP contribution in [0.2, 0.25) is 0 Å². The Labute approximate surface area is 138 Å². The topological polar surface area (TPSA) is 95.5 Å². The molecule has 0 spiro atoms. The molecule has 3 N–H and O–H groups in total. The average molecular weight is 326 g/mol. The molecule has 0 aromatic carbocycles. The van der Waals surface area contributed by atoms with Crippen LogP contribution in [0.15, 0.2) is 0 Å². The summed E-state index contributed by atoms with van der Waals surface area (Å²) in [5.74, 6) is 2.01. The van der Waals surface area contributed by atoms with Gasteiger partial charge in [0.1, 0.15) is 5.54 Å². The third-order valence-corrected chi connectivity index (χ3v) is 4.99. The summed E-state index contributed by atoms with van der Waals surface area (Å²) in [6.45, 7) is 8.56. The van der Waals surface area contributed by atoms with Crippen LogP contribution in [-0.2, 0) is 9.59 Å². The summed E-state index contributed by atoms with van der Waals surface area (Å²) in [5.41, 5.74) is -1.18. The summed E-state index contributed by atoms with van der Waals surface area (Å²) in [6, 6.07) is 0. The minimum atomic E-state index is -1.27. The zero-order chi connectivity index (χ0) is 17.6. The molecule has 132 valence electrons. The molecule has 1 heterocycles. The maximum atomic E-state index is 11.2. The summed E-state index contributed by atoms with van der Waals surface area (Å²) < 4.78 is 0. The Morgan fingerprint density at radius 1 is 1.26 bits per heavy atom. The van der Waals surface area contributed by atoms with E-state index in [4.69, 9.17) is 5.11 Å². The van der Waals surface area contributed by atoms with Crippen LogP contribution in [0.3, 0.4) is 0 Å². The second-order valence-electron chi connectivity index (χ2n) is 7.40. The first kappa shape index (κ1) is 19.5. The van der Waals surface area contributed by atoms with Gasteiger partial charge in [0.15, 0.2) is 0 Å². The average Bonchev–Trinajstić information content (AvgIpc) is 2.44. The van der Waals surface area contributed by atoms with Crippen molar-refractivity contribution in [1.29, 1.82) is 0 Å². The molecule has 0 radical (unpaired) electrons. The van der Waals surface area contributed by atoms with E-state index in [2.05, 4.69) is 31.4 Å². The van der Waals surface area contributed by atoms with Crippen LogP contribution in [0.1, 0.15) is 66.2 Å². The first-order valence-electron chi connectivity index (χ1n) is 8.49. The first-order valence-corrected chi connectivity index (χ1v) is 8.49. The van der Waals surface area contributed by atoms with Crippen LogP contribution < -0.4 is 10.6 Å². The van der Waals surface area contributed by atoms with E-state index >= 15 is 0 Å². The molecule has 2 fully saturated rings. The Hall–Kier alpha value is -1.59. The van der Waals surface area contributed by atoms with Crippen molar-refractivity contribution in [2.24, 2.45) is 17.8 Å². The number of rotatable bonds is 2. The van der Waals surface area contributed by atoms with E-state index < -0.39 is 17.5 Å².